The lowest BCUT2D eigenvalue weighted by Gasteiger charge is -2.34. The predicted molar refractivity (Wildman–Crippen MR) is 110 cm³/mol. The van der Waals surface area contributed by atoms with E-state index >= 15 is 0 Å². The highest BCUT2D eigenvalue weighted by molar-refractivity contribution is 7.99. The van der Waals surface area contributed by atoms with Gasteiger partial charge in [0.15, 0.2) is 0 Å². The molecule has 0 unspecified atom stereocenters. The summed E-state index contributed by atoms with van der Waals surface area (Å²) in [4.78, 5) is 20.9. The third-order valence-corrected chi connectivity index (χ3v) is 6.51. The average molecular weight is 401 g/mol. The van der Waals surface area contributed by atoms with Crippen LogP contribution in [0.1, 0.15) is 36.5 Å². The van der Waals surface area contributed by atoms with E-state index in [9.17, 15) is 4.79 Å². The van der Waals surface area contributed by atoms with E-state index in [4.69, 9.17) is 0 Å². The molecule has 4 heterocycles. The van der Waals surface area contributed by atoms with Crippen molar-refractivity contribution in [1.29, 1.82) is 0 Å². The SMILES string of the molecule is O=C(CSCc1ccncc1)N1CCN(Cc2nnc3n2CCCCC3)CC1. The van der Waals surface area contributed by atoms with Crippen molar-refractivity contribution in [3.63, 3.8) is 0 Å². The number of fused-ring (bicyclic) bond motifs is 1. The third kappa shape index (κ3) is 4.91. The van der Waals surface area contributed by atoms with E-state index in [1.165, 1.54) is 24.8 Å². The topological polar surface area (TPSA) is 67.2 Å². The van der Waals surface area contributed by atoms with Crippen LogP contribution in [0.25, 0.3) is 0 Å². The van der Waals surface area contributed by atoms with E-state index in [1.54, 1.807) is 24.2 Å². The molecule has 0 radical (unpaired) electrons. The van der Waals surface area contributed by atoms with Gasteiger partial charge in [0.2, 0.25) is 5.91 Å². The molecule has 2 aliphatic heterocycles. The normalized spacial score (nSPS) is 17.9. The molecule has 0 atom stereocenters. The molecule has 28 heavy (non-hydrogen) atoms. The molecule has 150 valence electrons. The molecule has 7 nitrogen and oxygen atoms in total. The monoisotopic (exact) mass is 400 g/mol. The van der Waals surface area contributed by atoms with Crippen molar-refractivity contribution in [3.05, 3.63) is 41.7 Å². The maximum atomic E-state index is 12.5. The largest absolute Gasteiger partial charge is 0.339 e. The number of aryl methyl sites for hydroxylation is 1. The van der Waals surface area contributed by atoms with Crippen molar-refractivity contribution >= 4 is 17.7 Å². The Morgan fingerprint density at radius 2 is 1.82 bits per heavy atom. The molecular weight excluding hydrogens is 372 g/mol. The van der Waals surface area contributed by atoms with Gasteiger partial charge in [0.25, 0.3) is 0 Å². The Labute approximate surface area is 170 Å². The predicted octanol–water partition coefficient (Wildman–Crippen LogP) is 1.98. The van der Waals surface area contributed by atoms with E-state index in [1.807, 2.05) is 17.0 Å². The van der Waals surface area contributed by atoms with Crippen LogP contribution in [-0.2, 0) is 30.1 Å². The number of thioether (sulfide) groups is 1. The van der Waals surface area contributed by atoms with Crippen LogP contribution in [-0.4, -0.2) is 67.4 Å². The summed E-state index contributed by atoms with van der Waals surface area (Å²) in [5.41, 5.74) is 1.21. The maximum Gasteiger partial charge on any atom is 0.232 e. The Hall–Kier alpha value is -1.93. The van der Waals surface area contributed by atoms with Crippen LogP contribution >= 0.6 is 11.8 Å². The number of hydrogen-bond acceptors (Lipinski definition) is 6. The first-order chi connectivity index (χ1) is 13.8. The number of carbonyl (C=O) groups is 1. The van der Waals surface area contributed by atoms with Gasteiger partial charge in [-0.2, -0.15) is 0 Å². The number of pyridine rings is 1. The molecule has 1 amide bonds. The summed E-state index contributed by atoms with van der Waals surface area (Å²) in [6.45, 7) is 5.30. The quantitative estimate of drug-likeness (QED) is 0.739. The molecule has 1 fully saturated rings. The summed E-state index contributed by atoms with van der Waals surface area (Å²) >= 11 is 1.68. The van der Waals surface area contributed by atoms with Crippen LogP contribution in [0, 0.1) is 0 Å². The molecule has 0 aliphatic carbocycles. The Kier molecular flexibility index (Phi) is 6.59. The number of aromatic nitrogens is 4. The lowest BCUT2D eigenvalue weighted by Crippen LogP contribution is -2.49. The number of piperazine rings is 1. The van der Waals surface area contributed by atoms with Gasteiger partial charge in [0.1, 0.15) is 11.6 Å². The summed E-state index contributed by atoms with van der Waals surface area (Å²) in [6, 6.07) is 4.00. The van der Waals surface area contributed by atoms with Gasteiger partial charge in [-0.1, -0.05) is 6.42 Å². The summed E-state index contributed by atoms with van der Waals surface area (Å²) in [6.07, 6.45) is 8.36. The standard InChI is InChI=1S/C20H28N6OS/c27-20(16-28-15-17-5-7-21-8-6-17)25-12-10-24(11-13-25)14-19-23-22-18-4-2-1-3-9-26(18)19/h5-8H,1-4,9-16H2. The highest BCUT2D eigenvalue weighted by atomic mass is 32.2. The van der Waals surface area contributed by atoms with Gasteiger partial charge in [0.05, 0.1) is 12.3 Å². The van der Waals surface area contributed by atoms with Crippen LogP contribution in [0.4, 0.5) is 0 Å². The second-order valence-corrected chi connectivity index (χ2v) is 8.49. The van der Waals surface area contributed by atoms with Crippen LogP contribution in [0.15, 0.2) is 24.5 Å². The first kappa shape index (κ1) is 19.4. The Bertz CT molecular complexity index is 772. The van der Waals surface area contributed by atoms with Crippen molar-refractivity contribution < 1.29 is 4.79 Å². The zero-order valence-electron chi connectivity index (χ0n) is 16.3. The van der Waals surface area contributed by atoms with E-state index < -0.39 is 0 Å². The van der Waals surface area contributed by atoms with Gasteiger partial charge in [-0.15, -0.1) is 22.0 Å². The van der Waals surface area contributed by atoms with Gasteiger partial charge in [-0.05, 0) is 30.5 Å². The summed E-state index contributed by atoms with van der Waals surface area (Å²) in [5, 5.41) is 8.84. The molecule has 0 aromatic carbocycles. The maximum absolute atomic E-state index is 12.5. The summed E-state index contributed by atoms with van der Waals surface area (Å²) in [7, 11) is 0. The van der Waals surface area contributed by atoms with Crippen molar-refractivity contribution in [3.8, 4) is 0 Å². The lowest BCUT2D eigenvalue weighted by molar-refractivity contribution is -0.130. The van der Waals surface area contributed by atoms with Crippen LogP contribution in [0.3, 0.4) is 0 Å². The number of carbonyl (C=O) groups excluding carboxylic acids is 1. The number of hydrogen-bond donors (Lipinski definition) is 0. The molecule has 0 bridgehead atoms. The highest BCUT2D eigenvalue weighted by Crippen LogP contribution is 2.17. The summed E-state index contributed by atoms with van der Waals surface area (Å²) < 4.78 is 2.32. The van der Waals surface area contributed by atoms with Gasteiger partial charge in [0, 0.05) is 57.3 Å². The highest BCUT2D eigenvalue weighted by Gasteiger charge is 2.23. The van der Waals surface area contributed by atoms with E-state index in [2.05, 4.69) is 24.6 Å². The molecule has 0 saturated carbocycles. The third-order valence-electron chi connectivity index (χ3n) is 5.52. The van der Waals surface area contributed by atoms with Crippen molar-refractivity contribution in [2.24, 2.45) is 0 Å². The lowest BCUT2D eigenvalue weighted by atomic mass is 10.2. The molecule has 2 aromatic heterocycles. The molecule has 8 heteroatoms. The zero-order valence-corrected chi connectivity index (χ0v) is 17.1. The van der Waals surface area contributed by atoms with Crippen LogP contribution in [0.2, 0.25) is 0 Å². The van der Waals surface area contributed by atoms with Crippen molar-refractivity contribution in [2.45, 2.75) is 44.5 Å². The van der Waals surface area contributed by atoms with Gasteiger partial charge < -0.3 is 9.47 Å². The number of nitrogens with zero attached hydrogens (tertiary/aromatic N) is 6. The Morgan fingerprint density at radius 1 is 1.00 bits per heavy atom. The first-order valence-corrected chi connectivity index (χ1v) is 11.3. The second-order valence-electron chi connectivity index (χ2n) is 7.50. The van der Waals surface area contributed by atoms with Crippen LogP contribution < -0.4 is 0 Å². The number of rotatable bonds is 6. The fourth-order valence-electron chi connectivity index (χ4n) is 3.84. The second kappa shape index (κ2) is 9.52. The molecule has 0 spiro atoms. The van der Waals surface area contributed by atoms with E-state index in [0.717, 1.165) is 63.1 Å². The average Bonchev–Trinajstić information content (AvgIpc) is 2.95. The minimum absolute atomic E-state index is 0.245. The van der Waals surface area contributed by atoms with Crippen LogP contribution in [0.5, 0.6) is 0 Å². The fourth-order valence-corrected chi connectivity index (χ4v) is 4.73. The molecular formula is C20H28N6OS. The van der Waals surface area contributed by atoms with Gasteiger partial charge >= 0.3 is 0 Å². The Balaban J connectivity index is 1.21. The number of amides is 1. The van der Waals surface area contributed by atoms with E-state index in [0.29, 0.717) is 5.75 Å². The minimum atomic E-state index is 0.245. The van der Waals surface area contributed by atoms with Gasteiger partial charge in [-0.25, -0.2) is 0 Å². The smallest absolute Gasteiger partial charge is 0.232 e. The van der Waals surface area contributed by atoms with Gasteiger partial charge in [-0.3, -0.25) is 14.7 Å². The minimum Gasteiger partial charge on any atom is -0.339 e. The zero-order chi connectivity index (χ0) is 19.2. The molecule has 2 aromatic rings. The molecule has 1 saturated heterocycles. The molecule has 4 rings (SSSR count). The first-order valence-electron chi connectivity index (χ1n) is 10.2. The fraction of sp³-hybridized carbons (Fsp3) is 0.600. The summed E-state index contributed by atoms with van der Waals surface area (Å²) in [5.74, 6) is 3.87. The Morgan fingerprint density at radius 3 is 2.64 bits per heavy atom. The molecule has 0 N–H and O–H groups in total. The molecule has 2 aliphatic rings. The van der Waals surface area contributed by atoms with Crippen molar-refractivity contribution in [1.82, 2.24) is 29.5 Å². The van der Waals surface area contributed by atoms with E-state index in [-0.39, 0.29) is 5.91 Å². The van der Waals surface area contributed by atoms with Crippen molar-refractivity contribution in [2.75, 3.05) is 31.9 Å².